The molecule has 0 fully saturated rings. The zero-order valence-corrected chi connectivity index (χ0v) is 22.0. The lowest BCUT2D eigenvalue weighted by molar-refractivity contribution is -0.142. The molecule has 0 saturated heterocycles. The van der Waals surface area contributed by atoms with E-state index < -0.39 is 17.9 Å². The molecule has 9 heteroatoms. The fourth-order valence-corrected chi connectivity index (χ4v) is 4.13. The number of pyridine rings is 1. The van der Waals surface area contributed by atoms with Crippen molar-refractivity contribution in [3.8, 4) is 0 Å². The highest BCUT2D eigenvalue weighted by atomic mass is 35.5. The van der Waals surface area contributed by atoms with Crippen molar-refractivity contribution in [3.05, 3.63) is 105 Å². The monoisotopic (exact) mass is 542 g/mol. The summed E-state index contributed by atoms with van der Waals surface area (Å²) in [4.78, 5) is 29.4. The Hall–Kier alpha value is -3.23. The third-order valence-corrected chi connectivity index (χ3v) is 6.06. The smallest absolute Gasteiger partial charge is 0.328 e. The average molecular weight is 543 g/mol. The van der Waals surface area contributed by atoms with Crippen molar-refractivity contribution in [2.24, 2.45) is 0 Å². The van der Waals surface area contributed by atoms with Gasteiger partial charge in [-0.15, -0.1) is 0 Å². The van der Waals surface area contributed by atoms with E-state index in [0.29, 0.717) is 13.2 Å². The van der Waals surface area contributed by atoms with E-state index >= 15 is 0 Å². The number of benzene rings is 2. The standard InChI is InChI=1S/C28H28Cl2N2O5/c1-35-17-18-37-26(23-10-3-4-16-31-23)20-14-12-19(13-15-20)7-5-11-24(28(34)36-2)32-27(33)25-21(29)8-6-9-22(25)30/h3-10,12-16,24,26H,11,17-18H2,1-2H3,(H,32,33)/b7-5+. The van der Waals surface area contributed by atoms with Crippen molar-refractivity contribution < 1.29 is 23.8 Å². The molecule has 1 aromatic heterocycles. The molecule has 1 N–H and O–H groups in total. The molecule has 2 aromatic carbocycles. The molecule has 3 rings (SSSR count). The van der Waals surface area contributed by atoms with Crippen molar-refractivity contribution in [1.29, 1.82) is 0 Å². The van der Waals surface area contributed by atoms with Crippen molar-refractivity contribution in [2.45, 2.75) is 18.6 Å². The maximum Gasteiger partial charge on any atom is 0.328 e. The van der Waals surface area contributed by atoms with Crippen LogP contribution in [0.15, 0.2) is 72.9 Å². The van der Waals surface area contributed by atoms with Crippen LogP contribution in [0, 0.1) is 0 Å². The number of ether oxygens (including phenoxy) is 3. The van der Waals surface area contributed by atoms with E-state index in [1.165, 1.54) is 7.11 Å². The number of esters is 1. The first-order chi connectivity index (χ1) is 17.9. The fourth-order valence-electron chi connectivity index (χ4n) is 3.56. The molecule has 0 spiro atoms. The second-order valence-corrected chi connectivity index (χ2v) is 8.76. The SMILES string of the molecule is COCCOC(c1ccc(/C=C/CC(NC(=O)c2c(Cl)cccc2Cl)C(=O)OC)cc1)c1ccccn1. The minimum atomic E-state index is -0.914. The highest BCUT2D eigenvalue weighted by molar-refractivity contribution is 6.39. The molecule has 37 heavy (non-hydrogen) atoms. The number of carbonyl (C=O) groups is 2. The summed E-state index contributed by atoms with van der Waals surface area (Å²) in [6.45, 7) is 0.907. The number of rotatable bonds is 12. The van der Waals surface area contributed by atoms with E-state index in [1.54, 1.807) is 37.6 Å². The molecule has 0 aliphatic carbocycles. The Balaban J connectivity index is 1.69. The van der Waals surface area contributed by atoms with Gasteiger partial charge in [-0.05, 0) is 41.8 Å². The van der Waals surface area contributed by atoms with Gasteiger partial charge in [0.1, 0.15) is 12.1 Å². The van der Waals surface area contributed by atoms with Gasteiger partial charge in [0.2, 0.25) is 0 Å². The van der Waals surface area contributed by atoms with Crippen LogP contribution in [0.3, 0.4) is 0 Å². The van der Waals surface area contributed by atoms with Gasteiger partial charge in [0.15, 0.2) is 0 Å². The van der Waals surface area contributed by atoms with E-state index in [0.717, 1.165) is 16.8 Å². The van der Waals surface area contributed by atoms with E-state index in [2.05, 4.69) is 10.3 Å². The predicted octanol–water partition coefficient (Wildman–Crippen LogP) is 5.52. The first-order valence-corrected chi connectivity index (χ1v) is 12.3. The van der Waals surface area contributed by atoms with Crippen LogP contribution < -0.4 is 5.32 Å². The van der Waals surface area contributed by atoms with Gasteiger partial charge in [0, 0.05) is 13.3 Å². The van der Waals surface area contributed by atoms with Crippen LogP contribution >= 0.6 is 23.2 Å². The highest BCUT2D eigenvalue weighted by Crippen LogP contribution is 2.26. The van der Waals surface area contributed by atoms with Crippen LogP contribution in [0.1, 0.15) is 39.7 Å². The topological polar surface area (TPSA) is 86.8 Å². The highest BCUT2D eigenvalue weighted by Gasteiger charge is 2.23. The number of amides is 1. The summed E-state index contributed by atoms with van der Waals surface area (Å²) in [6.07, 6.45) is 5.26. The van der Waals surface area contributed by atoms with Crippen molar-refractivity contribution in [1.82, 2.24) is 10.3 Å². The number of aromatic nitrogens is 1. The van der Waals surface area contributed by atoms with Gasteiger partial charge in [0.05, 0.1) is 41.6 Å². The Morgan fingerprint density at radius 2 is 1.70 bits per heavy atom. The van der Waals surface area contributed by atoms with Crippen LogP contribution in [0.4, 0.5) is 0 Å². The van der Waals surface area contributed by atoms with Gasteiger partial charge in [-0.25, -0.2) is 4.79 Å². The Labute approximate surface area is 226 Å². The van der Waals surface area contributed by atoms with Crippen molar-refractivity contribution in [3.63, 3.8) is 0 Å². The molecule has 0 radical (unpaired) electrons. The number of hydrogen-bond acceptors (Lipinski definition) is 6. The molecule has 0 aliphatic rings. The predicted molar refractivity (Wildman–Crippen MR) is 144 cm³/mol. The number of methoxy groups -OCH3 is 2. The number of halogens is 2. The first-order valence-electron chi connectivity index (χ1n) is 11.5. The number of nitrogens with zero attached hydrogens (tertiary/aromatic N) is 1. The number of nitrogens with one attached hydrogen (secondary N) is 1. The average Bonchev–Trinajstić information content (AvgIpc) is 2.91. The van der Waals surface area contributed by atoms with Crippen molar-refractivity contribution in [2.75, 3.05) is 27.4 Å². The van der Waals surface area contributed by atoms with Gasteiger partial charge in [-0.1, -0.05) is 71.8 Å². The summed E-state index contributed by atoms with van der Waals surface area (Å²) in [7, 11) is 2.89. The van der Waals surface area contributed by atoms with E-state index in [4.69, 9.17) is 37.4 Å². The Morgan fingerprint density at radius 1 is 0.973 bits per heavy atom. The fraction of sp³-hybridized carbons (Fsp3) is 0.250. The summed E-state index contributed by atoms with van der Waals surface area (Å²) in [5.74, 6) is -1.14. The second kappa shape index (κ2) is 14.5. The minimum Gasteiger partial charge on any atom is -0.467 e. The Morgan fingerprint density at radius 3 is 2.32 bits per heavy atom. The third kappa shape index (κ3) is 8.13. The lowest BCUT2D eigenvalue weighted by atomic mass is 10.0. The normalized spacial score (nSPS) is 12.8. The van der Waals surface area contributed by atoms with E-state index in [9.17, 15) is 9.59 Å². The number of carbonyl (C=O) groups excluding carboxylic acids is 2. The molecule has 3 aromatic rings. The van der Waals surface area contributed by atoms with Gasteiger partial charge < -0.3 is 19.5 Å². The molecule has 2 unspecified atom stereocenters. The van der Waals surface area contributed by atoms with Gasteiger partial charge in [0.25, 0.3) is 5.91 Å². The number of hydrogen-bond donors (Lipinski definition) is 1. The van der Waals surface area contributed by atoms with Crippen LogP contribution in [0.2, 0.25) is 10.0 Å². The lowest BCUT2D eigenvalue weighted by Crippen LogP contribution is -2.41. The maximum absolute atomic E-state index is 12.7. The van der Waals surface area contributed by atoms with Gasteiger partial charge >= 0.3 is 5.97 Å². The molecular formula is C28H28Cl2N2O5. The van der Waals surface area contributed by atoms with Crippen LogP contribution in [0.5, 0.6) is 0 Å². The van der Waals surface area contributed by atoms with Gasteiger partial charge in [-0.2, -0.15) is 0 Å². The second-order valence-electron chi connectivity index (χ2n) is 7.95. The summed E-state index contributed by atoms with van der Waals surface area (Å²) >= 11 is 12.2. The molecule has 7 nitrogen and oxygen atoms in total. The largest absolute Gasteiger partial charge is 0.467 e. The molecule has 1 amide bonds. The van der Waals surface area contributed by atoms with Crippen LogP contribution in [-0.2, 0) is 19.0 Å². The third-order valence-electron chi connectivity index (χ3n) is 5.43. The van der Waals surface area contributed by atoms with E-state index in [-0.39, 0.29) is 28.1 Å². The zero-order valence-electron chi connectivity index (χ0n) is 20.5. The molecule has 0 bridgehead atoms. The van der Waals surface area contributed by atoms with Crippen LogP contribution in [-0.4, -0.2) is 50.3 Å². The van der Waals surface area contributed by atoms with Crippen molar-refractivity contribution >= 4 is 41.2 Å². The molecule has 0 aliphatic heterocycles. The molecule has 1 heterocycles. The molecule has 194 valence electrons. The summed E-state index contributed by atoms with van der Waals surface area (Å²) in [6, 6.07) is 17.3. The maximum atomic E-state index is 12.7. The summed E-state index contributed by atoms with van der Waals surface area (Å²) in [5.41, 5.74) is 2.76. The molecular weight excluding hydrogens is 515 g/mol. The summed E-state index contributed by atoms with van der Waals surface area (Å²) in [5, 5.41) is 3.04. The molecule has 2 atom stereocenters. The minimum absolute atomic E-state index is 0.106. The summed E-state index contributed by atoms with van der Waals surface area (Å²) < 4.78 is 16.0. The quantitative estimate of drug-likeness (QED) is 0.239. The lowest BCUT2D eigenvalue weighted by Gasteiger charge is -2.18. The molecule has 0 saturated carbocycles. The zero-order chi connectivity index (χ0) is 26.6. The Bertz CT molecular complexity index is 1180. The first kappa shape index (κ1) is 28.3. The van der Waals surface area contributed by atoms with Crippen LogP contribution in [0.25, 0.3) is 6.08 Å². The van der Waals surface area contributed by atoms with Gasteiger partial charge in [-0.3, -0.25) is 9.78 Å². The van der Waals surface area contributed by atoms with E-state index in [1.807, 2.05) is 48.5 Å². The Kier molecular flexibility index (Phi) is 11.1.